The second-order valence-corrected chi connectivity index (χ2v) is 8.18. The van der Waals surface area contributed by atoms with Crippen molar-refractivity contribution >= 4 is 23.5 Å². The average Bonchev–Trinajstić information content (AvgIpc) is 3.01. The quantitative estimate of drug-likeness (QED) is 0.528. The molecule has 2 amide bonds. The standard InChI is InChI=1S/C24H23F2NO4/c1-14(28)27-22-19(12-13-20(25)21(22)26)24(23(27)30,16-6-4-3-5-7-16)17-8-10-18(11-9-17)31-15(2)29/h8-13,16H,3-7H2,1-2H3. The number of carbonyl (C=O) groups is 3. The summed E-state index contributed by atoms with van der Waals surface area (Å²) in [5, 5.41) is 0. The Morgan fingerprint density at radius 2 is 1.65 bits per heavy atom. The number of carbonyl (C=O) groups excluding carboxylic acids is 3. The molecule has 31 heavy (non-hydrogen) atoms. The zero-order valence-corrected chi connectivity index (χ0v) is 17.4. The summed E-state index contributed by atoms with van der Waals surface area (Å²) in [4.78, 5) is 38.4. The van der Waals surface area contributed by atoms with Crippen LogP contribution in [0.4, 0.5) is 14.5 Å². The van der Waals surface area contributed by atoms with Crippen LogP contribution in [-0.4, -0.2) is 17.8 Å². The first-order valence-electron chi connectivity index (χ1n) is 10.4. The van der Waals surface area contributed by atoms with Crippen molar-refractivity contribution in [1.29, 1.82) is 0 Å². The number of hydrogen-bond acceptors (Lipinski definition) is 4. The number of fused-ring (bicyclic) bond motifs is 1. The third kappa shape index (κ3) is 3.23. The Labute approximate surface area is 179 Å². The van der Waals surface area contributed by atoms with Gasteiger partial charge in [-0.1, -0.05) is 37.5 Å². The Balaban J connectivity index is 1.98. The number of esters is 1. The van der Waals surface area contributed by atoms with E-state index in [0.29, 0.717) is 16.9 Å². The molecule has 7 heteroatoms. The van der Waals surface area contributed by atoms with E-state index in [1.54, 1.807) is 24.3 Å². The second-order valence-electron chi connectivity index (χ2n) is 8.18. The number of anilines is 1. The van der Waals surface area contributed by atoms with Crippen LogP contribution in [0.3, 0.4) is 0 Å². The molecule has 2 aromatic rings. The zero-order valence-electron chi connectivity index (χ0n) is 17.4. The lowest BCUT2D eigenvalue weighted by molar-refractivity contribution is -0.132. The minimum absolute atomic E-state index is 0.179. The largest absolute Gasteiger partial charge is 0.427 e. The van der Waals surface area contributed by atoms with Crippen molar-refractivity contribution in [2.24, 2.45) is 5.92 Å². The molecular formula is C24H23F2NO4. The van der Waals surface area contributed by atoms with E-state index in [9.17, 15) is 23.2 Å². The molecule has 5 nitrogen and oxygen atoms in total. The maximum atomic E-state index is 14.9. The summed E-state index contributed by atoms with van der Waals surface area (Å²) in [6.07, 6.45) is 4.30. The molecule has 0 radical (unpaired) electrons. The van der Waals surface area contributed by atoms with Crippen molar-refractivity contribution in [2.75, 3.05) is 4.90 Å². The van der Waals surface area contributed by atoms with Crippen LogP contribution in [0.1, 0.15) is 57.1 Å². The summed E-state index contributed by atoms with van der Waals surface area (Å²) >= 11 is 0. The molecular weight excluding hydrogens is 404 g/mol. The number of imide groups is 1. The van der Waals surface area contributed by atoms with Crippen molar-refractivity contribution in [1.82, 2.24) is 0 Å². The van der Waals surface area contributed by atoms with E-state index in [2.05, 4.69) is 0 Å². The fourth-order valence-corrected chi connectivity index (χ4v) is 5.17. The summed E-state index contributed by atoms with van der Waals surface area (Å²) in [7, 11) is 0. The minimum Gasteiger partial charge on any atom is -0.427 e. The highest BCUT2D eigenvalue weighted by Gasteiger charge is 2.58. The van der Waals surface area contributed by atoms with Gasteiger partial charge in [-0.3, -0.25) is 14.4 Å². The first-order valence-corrected chi connectivity index (χ1v) is 10.4. The van der Waals surface area contributed by atoms with E-state index < -0.39 is 34.8 Å². The Bertz CT molecular complexity index is 1060. The average molecular weight is 427 g/mol. The topological polar surface area (TPSA) is 63.7 Å². The molecule has 1 aliphatic heterocycles. The van der Waals surface area contributed by atoms with E-state index in [-0.39, 0.29) is 11.6 Å². The van der Waals surface area contributed by atoms with Crippen LogP contribution in [0.2, 0.25) is 0 Å². The fourth-order valence-electron chi connectivity index (χ4n) is 5.17. The number of benzene rings is 2. The van der Waals surface area contributed by atoms with E-state index in [4.69, 9.17) is 4.74 Å². The molecule has 0 saturated heterocycles. The number of halogens is 2. The van der Waals surface area contributed by atoms with Crippen molar-refractivity contribution in [3.63, 3.8) is 0 Å². The molecule has 0 N–H and O–H groups in total. The number of amides is 2. The lowest BCUT2D eigenvalue weighted by atomic mass is 9.62. The Morgan fingerprint density at radius 1 is 1.00 bits per heavy atom. The Kier molecular flexibility index (Phi) is 5.37. The highest BCUT2D eigenvalue weighted by Crippen LogP contribution is 2.55. The van der Waals surface area contributed by atoms with Crippen LogP contribution in [0.25, 0.3) is 0 Å². The molecule has 0 aromatic heterocycles. The summed E-state index contributed by atoms with van der Waals surface area (Å²) in [6, 6.07) is 8.91. The molecule has 2 aliphatic rings. The summed E-state index contributed by atoms with van der Waals surface area (Å²) in [5.74, 6) is -3.87. The van der Waals surface area contributed by atoms with Crippen molar-refractivity contribution in [3.8, 4) is 5.75 Å². The van der Waals surface area contributed by atoms with Gasteiger partial charge in [-0.25, -0.2) is 13.7 Å². The molecule has 0 bridgehead atoms. The van der Waals surface area contributed by atoms with Gasteiger partial charge in [0.25, 0.3) is 0 Å². The maximum Gasteiger partial charge on any atom is 0.308 e. The van der Waals surface area contributed by atoms with Crippen LogP contribution in [0.5, 0.6) is 5.75 Å². The number of ether oxygens (including phenoxy) is 1. The van der Waals surface area contributed by atoms with Gasteiger partial charge in [0.1, 0.15) is 11.2 Å². The fraction of sp³-hybridized carbons (Fsp3) is 0.375. The molecule has 1 heterocycles. The molecule has 1 saturated carbocycles. The molecule has 162 valence electrons. The number of rotatable bonds is 3. The molecule has 1 fully saturated rings. The zero-order chi connectivity index (χ0) is 22.3. The summed E-state index contributed by atoms with van der Waals surface area (Å²) < 4.78 is 34.2. The predicted octanol–water partition coefficient (Wildman–Crippen LogP) is 4.65. The maximum absolute atomic E-state index is 14.9. The molecule has 1 unspecified atom stereocenters. The van der Waals surface area contributed by atoms with Crippen LogP contribution in [0.15, 0.2) is 36.4 Å². The highest BCUT2D eigenvalue weighted by atomic mass is 19.2. The van der Waals surface area contributed by atoms with E-state index in [1.807, 2.05) is 0 Å². The SMILES string of the molecule is CC(=O)Oc1ccc(C2(C3CCCCC3)C(=O)N(C(C)=O)c3c2ccc(F)c3F)cc1. The third-order valence-corrected chi connectivity index (χ3v) is 6.36. The minimum atomic E-state index is -1.31. The third-order valence-electron chi connectivity index (χ3n) is 6.36. The van der Waals surface area contributed by atoms with Gasteiger partial charge in [0.05, 0.1) is 5.69 Å². The number of hydrogen-bond donors (Lipinski definition) is 0. The van der Waals surface area contributed by atoms with Gasteiger partial charge in [0.2, 0.25) is 11.8 Å². The molecule has 1 atom stereocenters. The first kappa shape index (κ1) is 21.2. The lowest BCUT2D eigenvalue weighted by Crippen LogP contribution is -2.48. The molecule has 0 spiro atoms. The van der Waals surface area contributed by atoms with E-state index in [0.717, 1.165) is 43.1 Å². The summed E-state index contributed by atoms with van der Waals surface area (Å²) in [6.45, 7) is 2.46. The van der Waals surface area contributed by atoms with E-state index >= 15 is 0 Å². The van der Waals surface area contributed by atoms with Gasteiger partial charge < -0.3 is 4.74 Å². The predicted molar refractivity (Wildman–Crippen MR) is 110 cm³/mol. The number of nitrogens with zero attached hydrogens (tertiary/aromatic N) is 1. The molecule has 1 aliphatic carbocycles. The van der Waals surface area contributed by atoms with Crippen LogP contribution >= 0.6 is 0 Å². The van der Waals surface area contributed by atoms with Gasteiger partial charge in [-0.15, -0.1) is 0 Å². The first-order chi connectivity index (χ1) is 14.8. The second kappa shape index (κ2) is 7.87. The van der Waals surface area contributed by atoms with Crippen LogP contribution in [0, 0.1) is 17.6 Å². The van der Waals surface area contributed by atoms with Crippen LogP contribution < -0.4 is 9.64 Å². The normalized spacial score (nSPS) is 21.2. The van der Waals surface area contributed by atoms with Crippen molar-refractivity contribution < 1.29 is 27.9 Å². The van der Waals surface area contributed by atoms with Crippen molar-refractivity contribution in [2.45, 2.75) is 51.4 Å². The van der Waals surface area contributed by atoms with E-state index in [1.165, 1.54) is 19.9 Å². The van der Waals surface area contributed by atoms with Gasteiger partial charge in [-0.2, -0.15) is 0 Å². The van der Waals surface area contributed by atoms with Crippen LogP contribution in [-0.2, 0) is 19.8 Å². The Morgan fingerprint density at radius 3 is 2.23 bits per heavy atom. The lowest BCUT2D eigenvalue weighted by Gasteiger charge is -2.39. The van der Waals surface area contributed by atoms with Gasteiger partial charge in [-0.05, 0) is 48.1 Å². The van der Waals surface area contributed by atoms with Gasteiger partial charge >= 0.3 is 5.97 Å². The van der Waals surface area contributed by atoms with Gasteiger partial charge in [0, 0.05) is 13.8 Å². The van der Waals surface area contributed by atoms with Gasteiger partial charge in [0.15, 0.2) is 11.6 Å². The molecule has 4 rings (SSSR count). The summed E-state index contributed by atoms with van der Waals surface area (Å²) in [5.41, 5.74) is -0.743. The molecule has 2 aromatic carbocycles. The smallest absolute Gasteiger partial charge is 0.308 e. The van der Waals surface area contributed by atoms with Crippen molar-refractivity contribution in [3.05, 3.63) is 59.2 Å². The monoisotopic (exact) mass is 427 g/mol. The highest BCUT2D eigenvalue weighted by molar-refractivity contribution is 6.23. The Hall–Kier alpha value is -3.09.